The molecule has 2 aromatic heterocycles. The maximum Gasteiger partial charge on any atom is 0.798 e. The third-order valence-electron chi connectivity index (χ3n) is 27.2. The summed E-state index contributed by atoms with van der Waals surface area (Å²) in [4.78, 5) is 37.4. The van der Waals surface area contributed by atoms with Crippen LogP contribution in [0.15, 0.2) is 78.5 Å². The lowest BCUT2D eigenvalue weighted by atomic mass is 9.74. The van der Waals surface area contributed by atoms with Gasteiger partial charge in [-0.05, 0) is 275 Å². The summed E-state index contributed by atoms with van der Waals surface area (Å²) >= 11 is -3.19. The third-order valence-corrected chi connectivity index (χ3v) is 34.0. The summed E-state index contributed by atoms with van der Waals surface area (Å²) in [5.41, 5.74) is 25.8. The van der Waals surface area contributed by atoms with Crippen molar-refractivity contribution in [1.29, 1.82) is 0 Å². The fraction of sp³-hybridized carbons (Fsp3) is 0.624. The van der Waals surface area contributed by atoms with Gasteiger partial charge in [0.25, 0.3) is 0 Å². The maximum atomic E-state index is 8.60. The highest BCUT2D eigenvalue weighted by Gasteiger charge is 2.47. The quantitative estimate of drug-likeness (QED) is 0.116. The Morgan fingerprint density at radius 3 is 0.845 bits per heavy atom. The van der Waals surface area contributed by atoms with Crippen molar-refractivity contribution in [2.75, 3.05) is 6.54 Å². The molecule has 508 valence electrons. The highest BCUT2D eigenvalue weighted by atomic mass is 28.4. The first-order valence-corrected chi connectivity index (χ1v) is 45.4. The number of aromatic nitrogens is 2. The Balaban J connectivity index is 1.01. The Bertz CT molecular complexity index is 4010. The first kappa shape index (κ1) is 64.0. The van der Waals surface area contributed by atoms with Gasteiger partial charge in [-0.2, -0.15) is 0 Å². The molecule has 6 bridgehead atoms. The fourth-order valence-electron chi connectivity index (χ4n) is 22.0. The molecule has 8 fully saturated rings. The van der Waals surface area contributed by atoms with E-state index in [9.17, 15) is 0 Å². The monoisotopic (exact) mass is 1330 g/mol. The van der Waals surface area contributed by atoms with Gasteiger partial charge in [0.2, 0.25) is 0 Å². The van der Waals surface area contributed by atoms with Gasteiger partial charge in [0.15, 0.2) is 31.7 Å². The largest absolute Gasteiger partial charge is 0.798 e. The highest BCUT2D eigenvalue weighted by Crippen LogP contribution is 2.52. The highest BCUT2D eigenvalue weighted by molar-refractivity contribution is 6.78. The molecule has 2 N–H and O–H groups in total. The molecule has 0 radical (unpaired) electrons. The predicted molar refractivity (Wildman–Crippen MR) is 405 cm³/mol. The molecular weight excluding hydrogens is 1220 g/mol. The van der Waals surface area contributed by atoms with E-state index in [4.69, 9.17) is 39.2 Å². The van der Waals surface area contributed by atoms with Gasteiger partial charge in [-0.1, -0.05) is 154 Å². The number of benzene rings is 4. The molecule has 12 aliphatic rings. The predicted octanol–water partition coefficient (Wildman–Crippen LogP) is 21.9. The summed E-state index contributed by atoms with van der Waals surface area (Å²) in [5, 5.41) is 4.82. The Hall–Kier alpha value is -5.09. The number of amidine groups is 4. The van der Waals surface area contributed by atoms with Gasteiger partial charge < -0.3 is 16.3 Å². The van der Waals surface area contributed by atoms with Crippen LogP contribution in [0.1, 0.15) is 377 Å². The SMILES string of the molecule is C[Si](C)(CCCN)[O][Al]1[n]2c3c4cc(C5CCCCC5)c(C5CCCCC5)cc4c2N=C2N=C(N=c4c5cc(C6CCCCC6)c(C6CCCCC6)cc5c([n]41)=NC1=NC(=N3)c3cc(C4CCCCC4)c(C4CCCCC4)cc31)c1cc(C3CCCCC3)c(C3CCCCC3)cc12. The molecule has 12 heteroatoms. The lowest BCUT2D eigenvalue weighted by Crippen LogP contribution is -2.53. The Morgan fingerprint density at radius 1 is 0.330 bits per heavy atom. The van der Waals surface area contributed by atoms with Crippen LogP contribution in [0.4, 0.5) is 11.6 Å². The summed E-state index contributed by atoms with van der Waals surface area (Å²) in [6.45, 7) is 5.60. The Kier molecular flexibility index (Phi) is 18.1. The van der Waals surface area contributed by atoms with Crippen LogP contribution in [0.3, 0.4) is 0 Å². The Morgan fingerprint density at radius 2 is 0.577 bits per heavy atom. The van der Waals surface area contributed by atoms with Crippen LogP contribution in [-0.2, 0) is 3.48 Å². The summed E-state index contributed by atoms with van der Waals surface area (Å²) in [7, 11) is -2.60. The smallest absolute Gasteiger partial charge is 0.509 e. The van der Waals surface area contributed by atoms with Gasteiger partial charge in [0.1, 0.15) is 22.6 Å². The van der Waals surface area contributed by atoms with E-state index in [2.05, 4.69) is 68.7 Å². The maximum absolute atomic E-state index is 8.60. The van der Waals surface area contributed by atoms with E-state index in [1.54, 1.807) is 44.5 Å². The standard InChI is InChI=1S/C80H96N8.C5H14NOSi.Al/c1-9-25-49(26-10-1)57-41-65-66(42-58(57)50-27-11-2-12-28-50)74-81-73(65)85-75-67-43-59(51-29-13-3-14-30-51)60(52-31-15-4-16-32-52)44-68(67)77(82-75)87-79-71-47-63(55-37-21-7-22-38-55)64(56-39-23-8-24-40-56)48-72(71)80(84-79)88-78-70-46-62(54-35-19-6-20-36-54)61(53-33-17-5-18-34-53)45-69(70)76(83-78)86-74;1-8(2,7)5-3-4-6;/h41-56H,1-40H2;3-6H2,1-2H3;/q-2;-1;+3. The molecule has 6 heterocycles. The van der Waals surface area contributed by atoms with Crippen LogP contribution < -0.4 is 16.7 Å². The molecule has 4 aliphatic heterocycles. The van der Waals surface area contributed by atoms with Gasteiger partial charge >= 0.3 is 14.9 Å². The van der Waals surface area contributed by atoms with Crippen molar-refractivity contribution < 1.29 is 3.48 Å². The van der Waals surface area contributed by atoms with Crippen molar-refractivity contribution in [3.8, 4) is 0 Å². The van der Waals surface area contributed by atoms with Gasteiger partial charge in [0, 0.05) is 43.8 Å². The molecule has 0 atom stereocenters. The zero-order valence-electron chi connectivity index (χ0n) is 59.3. The van der Waals surface area contributed by atoms with Gasteiger partial charge in [-0.3, -0.25) is 0 Å². The van der Waals surface area contributed by atoms with Crippen LogP contribution >= 0.6 is 0 Å². The number of aliphatic imine (C=N–C) groups is 4. The summed E-state index contributed by atoms with van der Waals surface area (Å²) in [5.74, 6) is 9.42. The summed E-state index contributed by atoms with van der Waals surface area (Å²) in [6.07, 6.45) is 52.5. The van der Waals surface area contributed by atoms with E-state index in [1.165, 1.54) is 301 Å². The first-order chi connectivity index (χ1) is 47.8. The minimum Gasteiger partial charge on any atom is -0.509 e. The number of hydrogen-bond donors (Lipinski definition) is 1. The molecule has 0 saturated heterocycles. The van der Waals surface area contributed by atoms with E-state index >= 15 is 0 Å². The fourth-order valence-corrected chi connectivity index (χ4v) is 28.5. The average molecular weight is 1330 g/mol. The second-order valence-electron chi connectivity index (χ2n) is 33.9. The van der Waals surface area contributed by atoms with Crippen LogP contribution in [-0.4, -0.2) is 60.2 Å². The van der Waals surface area contributed by atoms with Crippen molar-refractivity contribution in [3.63, 3.8) is 0 Å². The number of nitrogens with two attached hydrogens (primary N) is 1. The molecule has 18 rings (SSSR count). The molecule has 0 unspecified atom stereocenters. The second kappa shape index (κ2) is 27.4. The van der Waals surface area contributed by atoms with E-state index in [-0.39, 0.29) is 0 Å². The summed E-state index contributed by atoms with van der Waals surface area (Å²) in [6, 6.07) is 22.4. The second-order valence-corrected chi connectivity index (χ2v) is 40.5. The number of nitrogens with zero attached hydrogens (tertiary/aromatic N) is 8. The molecule has 10 nitrogen and oxygen atoms in total. The molecule has 8 saturated carbocycles. The minimum atomic E-state index is -3.19. The van der Waals surface area contributed by atoms with E-state index < -0.39 is 23.2 Å². The lowest BCUT2D eigenvalue weighted by molar-refractivity contribution is 0.419. The van der Waals surface area contributed by atoms with E-state index in [0.29, 0.717) is 53.9 Å². The lowest BCUT2D eigenvalue weighted by Gasteiger charge is -2.30. The molecule has 97 heavy (non-hydrogen) atoms. The minimum absolute atomic E-state index is 0.516. The van der Waals surface area contributed by atoms with Crippen LogP contribution in [0.25, 0.3) is 21.5 Å². The van der Waals surface area contributed by atoms with Crippen molar-refractivity contribution in [3.05, 3.63) is 126 Å². The summed E-state index contributed by atoms with van der Waals surface area (Å²) < 4.78 is 13.9. The van der Waals surface area contributed by atoms with Crippen LogP contribution in [0.5, 0.6) is 0 Å². The van der Waals surface area contributed by atoms with Crippen LogP contribution in [0, 0.1) is 0 Å². The van der Waals surface area contributed by atoms with Crippen molar-refractivity contribution in [2.24, 2.45) is 35.7 Å². The van der Waals surface area contributed by atoms with E-state index in [1.807, 2.05) is 0 Å². The number of fused-ring (bicyclic) bond motifs is 14. The van der Waals surface area contributed by atoms with Crippen molar-refractivity contribution in [1.82, 2.24) is 7.10 Å². The van der Waals surface area contributed by atoms with Crippen molar-refractivity contribution in [2.45, 2.75) is 330 Å². The molecule has 4 aromatic carbocycles. The normalized spacial score (nSPS) is 23.0. The van der Waals surface area contributed by atoms with Gasteiger partial charge in [-0.25, -0.2) is 30.0 Å². The van der Waals surface area contributed by atoms with Gasteiger partial charge in [-0.15, -0.1) is 0 Å². The number of hydrogen-bond acceptors (Lipinski definition) is 8. The molecule has 6 aromatic rings. The molecule has 8 aliphatic carbocycles. The molecule has 0 spiro atoms. The molecule has 0 amide bonds. The first-order valence-electron chi connectivity index (χ1n) is 40.8. The average Bonchev–Trinajstić information content (AvgIpc) is 1.55. The third kappa shape index (κ3) is 12.0. The number of rotatable bonds is 13. The van der Waals surface area contributed by atoms with Crippen LogP contribution in [0.2, 0.25) is 19.1 Å². The van der Waals surface area contributed by atoms with E-state index in [0.717, 1.165) is 58.4 Å². The Labute approximate surface area is 584 Å². The topological polar surface area (TPSA) is 119 Å². The molecular formula is C85H110AlN9OSi. The van der Waals surface area contributed by atoms with Crippen molar-refractivity contribution >= 4 is 79.8 Å². The zero-order chi connectivity index (χ0) is 64.7. The zero-order valence-corrected chi connectivity index (χ0v) is 61.4. The van der Waals surface area contributed by atoms with Gasteiger partial charge in [0.05, 0.1) is 0 Å².